The van der Waals surface area contributed by atoms with Crippen LogP contribution >= 0.6 is 0 Å². The third-order valence-electron chi connectivity index (χ3n) is 4.35. The van der Waals surface area contributed by atoms with Crippen molar-refractivity contribution in [2.24, 2.45) is 5.73 Å². The van der Waals surface area contributed by atoms with E-state index in [1.807, 2.05) is 6.07 Å². The molecule has 3 nitrogen and oxygen atoms in total. The lowest BCUT2D eigenvalue weighted by Gasteiger charge is -2.25. The monoisotopic (exact) mass is 244 g/mol. The van der Waals surface area contributed by atoms with Crippen LogP contribution in [-0.2, 0) is 5.41 Å². The first-order valence-corrected chi connectivity index (χ1v) is 6.65. The zero-order chi connectivity index (χ0) is 12.6. The minimum Gasteiger partial charge on any atom is -0.497 e. The Hall–Kier alpha value is -1.48. The maximum absolute atomic E-state index is 6.03. The van der Waals surface area contributed by atoms with E-state index >= 15 is 0 Å². The zero-order valence-electron chi connectivity index (χ0n) is 10.8. The number of nitrogens with one attached hydrogen (secondary N) is 1. The highest BCUT2D eigenvalue weighted by Crippen LogP contribution is 2.41. The van der Waals surface area contributed by atoms with Crippen LogP contribution in [0.15, 0.2) is 24.3 Å². The minimum atomic E-state index is 0.173. The van der Waals surface area contributed by atoms with Gasteiger partial charge in [-0.1, -0.05) is 12.8 Å². The Bertz CT molecular complexity index is 553. The SMILES string of the molecule is COc1ccc2[nH]c(C3(CN)CCCC3)cc2c1. The first-order chi connectivity index (χ1) is 8.77. The summed E-state index contributed by atoms with van der Waals surface area (Å²) in [6.07, 6.45) is 4.98. The smallest absolute Gasteiger partial charge is 0.119 e. The van der Waals surface area contributed by atoms with Gasteiger partial charge in [-0.3, -0.25) is 0 Å². The number of aromatic nitrogens is 1. The minimum absolute atomic E-state index is 0.173. The number of aromatic amines is 1. The number of methoxy groups -OCH3 is 1. The van der Waals surface area contributed by atoms with E-state index in [1.54, 1.807) is 7.11 Å². The highest BCUT2D eigenvalue weighted by atomic mass is 16.5. The van der Waals surface area contributed by atoms with Gasteiger partial charge in [-0.2, -0.15) is 0 Å². The van der Waals surface area contributed by atoms with E-state index in [0.29, 0.717) is 0 Å². The largest absolute Gasteiger partial charge is 0.497 e. The van der Waals surface area contributed by atoms with Crippen molar-refractivity contribution in [3.63, 3.8) is 0 Å². The lowest BCUT2D eigenvalue weighted by atomic mass is 9.83. The van der Waals surface area contributed by atoms with E-state index in [4.69, 9.17) is 10.5 Å². The standard InChI is InChI=1S/C15H20N2O/c1-18-12-4-5-13-11(8-12)9-14(17-13)15(10-16)6-2-3-7-15/h4-5,8-9,17H,2-3,6-7,10,16H2,1H3. The number of nitrogens with two attached hydrogens (primary N) is 1. The molecule has 0 spiro atoms. The van der Waals surface area contributed by atoms with Crippen LogP contribution in [0.1, 0.15) is 31.4 Å². The van der Waals surface area contributed by atoms with Gasteiger partial charge < -0.3 is 15.5 Å². The molecule has 0 saturated heterocycles. The van der Waals surface area contributed by atoms with E-state index < -0.39 is 0 Å². The molecule has 0 radical (unpaired) electrons. The number of benzene rings is 1. The second-order valence-corrected chi connectivity index (χ2v) is 5.33. The highest BCUT2D eigenvalue weighted by Gasteiger charge is 2.35. The van der Waals surface area contributed by atoms with Crippen LogP contribution in [-0.4, -0.2) is 18.6 Å². The summed E-state index contributed by atoms with van der Waals surface area (Å²) in [6.45, 7) is 0.733. The van der Waals surface area contributed by atoms with Gasteiger partial charge in [0.1, 0.15) is 5.75 Å². The number of ether oxygens (including phenoxy) is 1. The van der Waals surface area contributed by atoms with E-state index in [9.17, 15) is 0 Å². The van der Waals surface area contributed by atoms with Crippen LogP contribution in [0.4, 0.5) is 0 Å². The molecule has 2 aromatic rings. The molecule has 3 rings (SSSR count). The number of hydrogen-bond acceptors (Lipinski definition) is 2. The predicted molar refractivity (Wildman–Crippen MR) is 74.1 cm³/mol. The maximum atomic E-state index is 6.03. The molecular weight excluding hydrogens is 224 g/mol. The van der Waals surface area contributed by atoms with Crippen molar-refractivity contribution in [2.45, 2.75) is 31.1 Å². The quantitative estimate of drug-likeness (QED) is 0.872. The molecule has 0 amide bonds. The summed E-state index contributed by atoms with van der Waals surface area (Å²) in [5.41, 5.74) is 8.68. The molecule has 18 heavy (non-hydrogen) atoms. The number of fused-ring (bicyclic) bond motifs is 1. The van der Waals surface area contributed by atoms with Gasteiger partial charge in [-0.05, 0) is 37.1 Å². The van der Waals surface area contributed by atoms with Crippen molar-refractivity contribution in [3.8, 4) is 5.75 Å². The Balaban J connectivity index is 2.07. The Kier molecular flexibility index (Phi) is 2.78. The fourth-order valence-corrected chi connectivity index (χ4v) is 3.16. The van der Waals surface area contributed by atoms with Crippen molar-refractivity contribution >= 4 is 10.9 Å². The van der Waals surface area contributed by atoms with Gasteiger partial charge in [-0.25, -0.2) is 0 Å². The van der Waals surface area contributed by atoms with Gasteiger partial charge in [0, 0.05) is 28.6 Å². The highest BCUT2D eigenvalue weighted by molar-refractivity contribution is 5.82. The third-order valence-corrected chi connectivity index (χ3v) is 4.35. The van der Waals surface area contributed by atoms with Crippen LogP contribution in [0.25, 0.3) is 10.9 Å². The maximum Gasteiger partial charge on any atom is 0.119 e. The molecule has 1 heterocycles. The summed E-state index contributed by atoms with van der Waals surface area (Å²) >= 11 is 0. The van der Waals surface area contributed by atoms with Crippen molar-refractivity contribution in [1.82, 2.24) is 4.98 Å². The summed E-state index contributed by atoms with van der Waals surface area (Å²) < 4.78 is 5.27. The van der Waals surface area contributed by atoms with E-state index in [1.165, 1.54) is 42.3 Å². The Morgan fingerprint density at radius 1 is 1.28 bits per heavy atom. The average molecular weight is 244 g/mol. The molecule has 3 heteroatoms. The normalized spacial score (nSPS) is 18.3. The second kappa shape index (κ2) is 4.32. The summed E-state index contributed by atoms with van der Waals surface area (Å²) in [6, 6.07) is 8.40. The van der Waals surface area contributed by atoms with E-state index in [-0.39, 0.29) is 5.41 Å². The number of hydrogen-bond donors (Lipinski definition) is 2. The topological polar surface area (TPSA) is 51.0 Å². The van der Waals surface area contributed by atoms with Gasteiger partial charge >= 0.3 is 0 Å². The second-order valence-electron chi connectivity index (χ2n) is 5.33. The van der Waals surface area contributed by atoms with Gasteiger partial charge in [0.15, 0.2) is 0 Å². The van der Waals surface area contributed by atoms with Crippen molar-refractivity contribution in [1.29, 1.82) is 0 Å². The van der Waals surface area contributed by atoms with Gasteiger partial charge in [0.25, 0.3) is 0 Å². The van der Waals surface area contributed by atoms with Crippen LogP contribution in [0, 0.1) is 0 Å². The summed E-state index contributed by atoms with van der Waals surface area (Å²) in [7, 11) is 1.70. The van der Waals surface area contributed by atoms with Gasteiger partial charge in [0.2, 0.25) is 0 Å². The van der Waals surface area contributed by atoms with E-state index in [0.717, 1.165) is 12.3 Å². The predicted octanol–water partition coefficient (Wildman–Crippen LogP) is 2.95. The van der Waals surface area contributed by atoms with Crippen LogP contribution in [0.5, 0.6) is 5.75 Å². The molecule has 1 aromatic carbocycles. The summed E-state index contributed by atoms with van der Waals surface area (Å²) in [5.74, 6) is 0.904. The molecule has 96 valence electrons. The third kappa shape index (κ3) is 1.70. The lowest BCUT2D eigenvalue weighted by Crippen LogP contribution is -2.32. The van der Waals surface area contributed by atoms with Crippen molar-refractivity contribution < 1.29 is 4.74 Å². The molecule has 1 aliphatic rings. The molecule has 1 aromatic heterocycles. The number of rotatable bonds is 3. The average Bonchev–Trinajstić information content (AvgIpc) is 3.04. The first-order valence-electron chi connectivity index (χ1n) is 6.65. The molecule has 0 unspecified atom stereocenters. The Labute approximate surface area is 107 Å². The first kappa shape index (κ1) is 11.6. The van der Waals surface area contributed by atoms with Crippen LogP contribution in [0.2, 0.25) is 0 Å². The number of H-pyrrole nitrogens is 1. The summed E-state index contributed by atoms with van der Waals surface area (Å²) in [5, 5.41) is 1.21. The van der Waals surface area contributed by atoms with Gasteiger partial charge in [0.05, 0.1) is 7.11 Å². The van der Waals surface area contributed by atoms with Crippen LogP contribution < -0.4 is 10.5 Å². The molecule has 3 N–H and O–H groups in total. The van der Waals surface area contributed by atoms with E-state index in [2.05, 4.69) is 23.2 Å². The molecule has 0 aliphatic heterocycles. The lowest BCUT2D eigenvalue weighted by molar-refractivity contribution is 0.415. The summed E-state index contributed by atoms with van der Waals surface area (Å²) in [4.78, 5) is 3.55. The molecule has 0 atom stereocenters. The van der Waals surface area contributed by atoms with Crippen molar-refractivity contribution in [2.75, 3.05) is 13.7 Å². The molecule has 1 fully saturated rings. The fourth-order valence-electron chi connectivity index (χ4n) is 3.16. The van der Waals surface area contributed by atoms with Crippen LogP contribution in [0.3, 0.4) is 0 Å². The fraction of sp³-hybridized carbons (Fsp3) is 0.467. The Morgan fingerprint density at radius 3 is 2.72 bits per heavy atom. The van der Waals surface area contributed by atoms with Crippen molar-refractivity contribution in [3.05, 3.63) is 30.0 Å². The zero-order valence-corrected chi connectivity index (χ0v) is 10.8. The molecule has 1 aliphatic carbocycles. The molecular formula is C15H20N2O. The Morgan fingerprint density at radius 2 is 2.06 bits per heavy atom. The molecule has 1 saturated carbocycles. The van der Waals surface area contributed by atoms with Gasteiger partial charge in [-0.15, -0.1) is 0 Å². The molecule has 0 bridgehead atoms.